The maximum absolute atomic E-state index is 12.3. The van der Waals surface area contributed by atoms with Crippen LogP contribution < -0.4 is 4.74 Å². The first-order chi connectivity index (χ1) is 12.1. The molecule has 0 radical (unpaired) electrons. The monoisotopic (exact) mass is 359 g/mol. The van der Waals surface area contributed by atoms with E-state index in [2.05, 4.69) is 20.5 Å². The number of benzene rings is 1. The van der Waals surface area contributed by atoms with E-state index in [9.17, 15) is 8.42 Å². The van der Waals surface area contributed by atoms with Crippen LogP contribution in [0.4, 0.5) is 0 Å². The lowest BCUT2D eigenvalue weighted by atomic mass is 10.3. The third-order valence-corrected chi connectivity index (χ3v) is 4.87. The summed E-state index contributed by atoms with van der Waals surface area (Å²) in [5.74, 6) is 0.594. The molecule has 0 aliphatic heterocycles. The highest BCUT2D eigenvalue weighted by molar-refractivity contribution is 7.89. The van der Waals surface area contributed by atoms with Crippen LogP contribution in [0, 0.1) is 0 Å². The summed E-state index contributed by atoms with van der Waals surface area (Å²) in [4.78, 5) is 0. The van der Waals surface area contributed by atoms with Gasteiger partial charge in [0.2, 0.25) is 5.88 Å². The molecule has 0 saturated heterocycles. The summed E-state index contributed by atoms with van der Waals surface area (Å²) >= 11 is 0. The molecule has 2 aromatic heterocycles. The van der Waals surface area contributed by atoms with Gasteiger partial charge in [-0.2, -0.15) is 5.10 Å². The van der Waals surface area contributed by atoms with E-state index in [1.807, 2.05) is 25.1 Å². The van der Waals surface area contributed by atoms with E-state index in [0.29, 0.717) is 29.6 Å². The van der Waals surface area contributed by atoms with Crippen LogP contribution in [0.3, 0.4) is 0 Å². The van der Waals surface area contributed by atoms with Gasteiger partial charge in [-0.3, -0.25) is 0 Å². The fraction of sp³-hybridized carbons (Fsp3) is 0.250. The molecule has 0 saturated carbocycles. The zero-order valence-corrected chi connectivity index (χ0v) is 14.4. The van der Waals surface area contributed by atoms with Crippen LogP contribution in [0.1, 0.15) is 18.3 Å². The minimum atomic E-state index is -3.41. The number of aryl methyl sites for hydroxylation is 1. The van der Waals surface area contributed by atoms with Gasteiger partial charge in [0, 0.05) is 12.6 Å². The van der Waals surface area contributed by atoms with Crippen LogP contribution in [0.15, 0.2) is 48.7 Å². The van der Waals surface area contributed by atoms with Gasteiger partial charge in [-0.1, -0.05) is 23.4 Å². The molecule has 8 nitrogen and oxygen atoms in total. The molecule has 0 fully saturated rings. The van der Waals surface area contributed by atoms with Gasteiger partial charge in [0.25, 0.3) is 0 Å². The Balaban J connectivity index is 1.66. The van der Waals surface area contributed by atoms with Crippen LogP contribution in [-0.4, -0.2) is 33.6 Å². The fourth-order valence-corrected chi connectivity index (χ4v) is 3.63. The Bertz CT molecular complexity index is 924. The van der Waals surface area contributed by atoms with Crippen LogP contribution in [0.5, 0.6) is 11.6 Å². The maximum atomic E-state index is 12.3. The molecule has 3 aromatic rings. The molecule has 130 valence electrons. The highest BCUT2D eigenvalue weighted by Crippen LogP contribution is 2.18. The second-order valence-corrected chi connectivity index (χ2v) is 7.42. The van der Waals surface area contributed by atoms with Gasteiger partial charge in [-0.25, -0.2) is 13.1 Å². The Morgan fingerprint density at radius 2 is 1.84 bits per heavy atom. The van der Waals surface area contributed by atoms with E-state index in [1.165, 1.54) is 6.20 Å². The van der Waals surface area contributed by atoms with Crippen LogP contribution >= 0.6 is 0 Å². The van der Waals surface area contributed by atoms with Crippen molar-refractivity contribution < 1.29 is 13.2 Å². The van der Waals surface area contributed by atoms with Gasteiger partial charge in [0.05, 0.1) is 29.1 Å². The normalized spacial score (nSPS) is 11.4. The molecule has 3 rings (SSSR count). The highest BCUT2D eigenvalue weighted by atomic mass is 32.2. The molecule has 0 aliphatic carbocycles. The first-order valence-corrected chi connectivity index (χ1v) is 9.51. The lowest BCUT2D eigenvalue weighted by Gasteiger charge is -2.06. The molecule has 0 bridgehead atoms. The number of sulfone groups is 1. The number of hydrogen-bond donors (Lipinski definition) is 0. The molecule has 0 N–H and O–H groups in total. The van der Waals surface area contributed by atoms with Gasteiger partial charge >= 0.3 is 0 Å². The summed E-state index contributed by atoms with van der Waals surface area (Å²) in [6.07, 6.45) is 1.46. The predicted molar refractivity (Wildman–Crippen MR) is 90.6 cm³/mol. The third-order valence-electron chi connectivity index (χ3n) is 3.39. The van der Waals surface area contributed by atoms with E-state index in [0.717, 1.165) is 0 Å². The zero-order valence-electron chi connectivity index (χ0n) is 13.6. The highest BCUT2D eigenvalue weighted by Gasteiger charge is 2.17. The Hall–Kier alpha value is -2.81. The molecule has 0 aliphatic rings. The summed E-state index contributed by atoms with van der Waals surface area (Å²) in [6, 6.07) is 12.4. The molecule has 9 heteroatoms. The minimum Gasteiger partial charge on any atom is -0.438 e. The molecule has 0 unspecified atom stereocenters. The van der Waals surface area contributed by atoms with E-state index >= 15 is 0 Å². The van der Waals surface area contributed by atoms with Crippen molar-refractivity contribution in [1.29, 1.82) is 0 Å². The Morgan fingerprint density at radius 1 is 1.04 bits per heavy atom. The van der Waals surface area contributed by atoms with Crippen molar-refractivity contribution in [1.82, 2.24) is 25.2 Å². The quantitative estimate of drug-likeness (QED) is 0.636. The molecule has 1 aromatic carbocycles. The van der Waals surface area contributed by atoms with Crippen LogP contribution in [0.25, 0.3) is 0 Å². The molecular weight excluding hydrogens is 342 g/mol. The summed E-state index contributed by atoms with van der Waals surface area (Å²) in [7, 11) is -3.41. The zero-order chi connectivity index (χ0) is 17.7. The van der Waals surface area contributed by atoms with Gasteiger partial charge in [0.15, 0.2) is 9.84 Å². The molecule has 0 amide bonds. The predicted octanol–water partition coefficient (Wildman–Crippen LogP) is 2.00. The van der Waals surface area contributed by atoms with Crippen LogP contribution in [-0.2, 0) is 27.9 Å². The molecular formula is C16H17N5O3S. The third kappa shape index (κ3) is 4.60. The smallest absolute Gasteiger partial charge is 0.238 e. The molecule has 25 heavy (non-hydrogen) atoms. The average molecular weight is 359 g/mol. The van der Waals surface area contributed by atoms with Gasteiger partial charge in [-0.15, -0.1) is 10.2 Å². The first kappa shape index (κ1) is 17.0. The van der Waals surface area contributed by atoms with E-state index in [-0.39, 0.29) is 11.5 Å². The number of rotatable bonds is 7. The number of aromatic nitrogens is 5. The Labute approximate surface area is 145 Å². The fourth-order valence-electron chi connectivity index (χ4n) is 2.25. The topological polar surface area (TPSA) is 99.9 Å². The largest absolute Gasteiger partial charge is 0.438 e. The van der Waals surface area contributed by atoms with Crippen molar-refractivity contribution >= 4 is 9.84 Å². The standard InChI is InChI=1S/C16H17N5O3S/c1-2-21-14(10-17-20-21)12-25(22,23)11-13-8-9-16(19-18-13)24-15-6-4-3-5-7-15/h3-10H,2,11-12H2,1H3. The molecule has 0 atom stereocenters. The molecule has 0 spiro atoms. The maximum Gasteiger partial charge on any atom is 0.238 e. The lowest BCUT2D eigenvalue weighted by Crippen LogP contribution is -2.13. The van der Waals surface area contributed by atoms with E-state index in [1.54, 1.807) is 28.9 Å². The van der Waals surface area contributed by atoms with Crippen molar-refractivity contribution in [2.45, 2.75) is 25.0 Å². The summed E-state index contributed by atoms with van der Waals surface area (Å²) in [5.41, 5.74) is 0.912. The lowest BCUT2D eigenvalue weighted by molar-refractivity contribution is 0.454. The van der Waals surface area contributed by atoms with Gasteiger partial charge < -0.3 is 4.74 Å². The average Bonchev–Trinajstić information content (AvgIpc) is 3.03. The number of ether oxygens (including phenoxy) is 1. The van der Waals surface area contributed by atoms with Crippen molar-refractivity contribution in [2.75, 3.05) is 0 Å². The second-order valence-electron chi connectivity index (χ2n) is 5.35. The first-order valence-electron chi connectivity index (χ1n) is 7.69. The second kappa shape index (κ2) is 7.39. The van der Waals surface area contributed by atoms with E-state index < -0.39 is 9.84 Å². The van der Waals surface area contributed by atoms with E-state index in [4.69, 9.17) is 4.74 Å². The number of hydrogen-bond acceptors (Lipinski definition) is 7. The van der Waals surface area contributed by atoms with Crippen molar-refractivity contribution in [3.8, 4) is 11.6 Å². The summed E-state index contributed by atoms with van der Waals surface area (Å²) in [6.45, 7) is 2.44. The van der Waals surface area contributed by atoms with Crippen molar-refractivity contribution in [3.63, 3.8) is 0 Å². The summed E-state index contributed by atoms with van der Waals surface area (Å²) < 4.78 is 31.8. The minimum absolute atomic E-state index is 0.141. The van der Waals surface area contributed by atoms with Crippen molar-refractivity contribution in [3.05, 3.63) is 60.0 Å². The van der Waals surface area contributed by atoms with Gasteiger partial charge in [-0.05, 0) is 25.1 Å². The Morgan fingerprint density at radius 3 is 2.52 bits per heavy atom. The van der Waals surface area contributed by atoms with Crippen LogP contribution in [0.2, 0.25) is 0 Å². The van der Waals surface area contributed by atoms with Crippen molar-refractivity contribution in [2.24, 2.45) is 0 Å². The molecule has 2 heterocycles. The summed E-state index contributed by atoms with van der Waals surface area (Å²) in [5, 5.41) is 15.4. The SMILES string of the molecule is CCn1nncc1CS(=O)(=O)Cc1ccc(Oc2ccccc2)nn1. The van der Waals surface area contributed by atoms with Gasteiger partial charge in [0.1, 0.15) is 5.75 Å². The number of nitrogens with zero attached hydrogens (tertiary/aromatic N) is 5. The Kier molecular flexibility index (Phi) is 5.03. The number of para-hydroxylation sites is 1.